The van der Waals surface area contributed by atoms with E-state index >= 15 is 0 Å². The van der Waals surface area contributed by atoms with Crippen molar-refractivity contribution >= 4 is 11.8 Å². The van der Waals surface area contributed by atoms with Gasteiger partial charge in [0.25, 0.3) is 0 Å². The van der Waals surface area contributed by atoms with E-state index < -0.39 is 5.97 Å². The van der Waals surface area contributed by atoms with E-state index in [-0.39, 0.29) is 12.3 Å². The van der Waals surface area contributed by atoms with Crippen molar-refractivity contribution in [3.8, 4) is 0 Å². The van der Waals surface area contributed by atoms with E-state index in [1.54, 1.807) is 0 Å². The lowest BCUT2D eigenvalue weighted by molar-refractivity contribution is -0.138. The zero-order valence-corrected chi connectivity index (χ0v) is 10.3. The number of hydrogen-bond donors (Lipinski definition) is 2. The molecule has 0 radical (unpaired) electrons. The summed E-state index contributed by atoms with van der Waals surface area (Å²) in [6.07, 6.45) is 3.42. The van der Waals surface area contributed by atoms with Gasteiger partial charge in [0.2, 0.25) is 0 Å². The molecule has 0 aliphatic rings. The van der Waals surface area contributed by atoms with Crippen LogP contribution in [0.2, 0.25) is 0 Å². The quantitative estimate of drug-likeness (QED) is 0.758. The Morgan fingerprint density at radius 1 is 1.47 bits per heavy atom. The fraction of sp³-hybridized carbons (Fsp3) is 0.583. The first kappa shape index (κ1) is 13.4. The molecule has 0 amide bonds. The molecule has 0 saturated carbocycles. The summed E-state index contributed by atoms with van der Waals surface area (Å²) in [5.74, 6) is 0.142. The van der Waals surface area contributed by atoms with Crippen LogP contribution in [0.3, 0.4) is 0 Å². The molecule has 2 N–H and O–H groups in total. The summed E-state index contributed by atoms with van der Waals surface area (Å²) in [7, 11) is 0. The second kappa shape index (κ2) is 6.83. The van der Waals surface area contributed by atoms with Crippen molar-refractivity contribution < 1.29 is 9.90 Å². The van der Waals surface area contributed by atoms with Crippen LogP contribution in [0.1, 0.15) is 32.4 Å². The monoisotopic (exact) mass is 237 g/mol. The van der Waals surface area contributed by atoms with Crippen LogP contribution in [-0.4, -0.2) is 27.6 Å². The predicted molar refractivity (Wildman–Crippen MR) is 65.9 cm³/mol. The lowest BCUT2D eigenvalue weighted by Crippen LogP contribution is -2.17. The van der Waals surface area contributed by atoms with Gasteiger partial charge in [0, 0.05) is 24.7 Å². The Morgan fingerprint density at radius 3 is 2.82 bits per heavy atom. The summed E-state index contributed by atoms with van der Waals surface area (Å²) >= 11 is 0. The summed E-state index contributed by atoms with van der Waals surface area (Å²) in [4.78, 5) is 18.8. The van der Waals surface area contributed by atoms with E-state index in [1.165, 1.54) is 6.33 Å². The lowest BCUT2D eigenvalue weighted by atomic mass is 10.0. The molecule has 1 unspecified atom stereocenters. The normalized spacial score (nSPS) is 12.1. The van der Waals surface area contributed by atoms with Crippen molar-refractivity contribution in [3.05, 3.63) is 18.1 Å². The zero-order chi connectivity index (χ0) is 12.7. The number of aromatic nitrogens is 2. The number of aryl methyl sites for hydroxylation is 1. The van der Waals surface area contributed by atoms with Gasteiger partial charge in [-0.15, -0.1) is 0 Å². The summed E-state index contributed by atoms with van der Waals surface area (Å²) in [5.41, 5.74) is 0.980. The van der Waals surface area contributed by atoms with Gasteiger partial charge < -0.3 is 10.4 Å². The van der Waals surface area contributed by atoms with Crippen LogP contribution >= 0.6 is 0 Å². The maximum Gasteiger partial charge on any atom is 0.303 e. The van der Waals surface area contributed by atoms with Gasteiger partial charge in [-0.3, -0.25) is 4.79 Å². The predicted octanol–water partition coefficient (Wildman–Crippen LogP) is 1.95. The van der Waals surface area contributed by atoms with Crippen LogP contribution in [0.4, 0.5) is 5.82 Å². The Balaban J connectivity index is 2.50. The minimum atomic E-state index is -0.754. The van der Waals surface area contributed by atoms with Gasteiger partial charge in [-0.1, -0.05) is 20.3 Å². The Labute approximate surface area is 101 Å². The number of aliphatic carboxylic acids is 1. The van der Waals surface area contributed by atoms with E-state index in [0.717, 1.165) is 24.4 Å². The molecule has 1 heterocycles. The minimum absolute atomic E-state index is 0.132. The molecule has 17 heavy (non-hydrogen) atoms. The SMILES string of the molecule is CCc1cc(NCC(CC)CC(=O)O)ncn1. The van der Waals surface area contributed by atoms with Gasteiger partial charge in [0.05, 0.1) is 0 Å². The second-order valence-electron chi connectivity index (χ2n) is 4.00. The first-order chi connectivity index (χ1) is 8.15. The largest absolute Gasteiger partial charge is 0.481 e. The van der Waals surface area contributed by atoms with Crippen molar-refractivity contribution in [2.75, 3.05) is 11.9 Å². The van der Waals surface area contributed by atoms with Gasteiger partial charge in [-0.25, -0.2) is 9.97 Å². The zero-order valence-electron chi connectivity index (χ0n) is 10.3. The first-order valence-corrected chi connectivity index (χ1v) is 5.92. The average Bonchev–Trinajstić information content (AvgIpc) is 2.34. The maximum atomic E-state index is 10.6. The number of nitrogens with zero attached hydrogens (tertiary/aromatic N) is 2. The fourth-order valence-electron chi connectivity index (χ4n) is 1.54. The number of carboxylic acid groups (broad SMARTS) is 1. The van der Waals surface area contributed by atoms with Gasteiger partial charge >= 0.3 is 5.97 Å². The van der Waals surface area contributed by atoms with Crippen LogP contribution in [-0.2, 0) is 11.2 Å². The van der Waals surface area contributed by atoms with Crippen LogP contribution in [0.5, 0.6) is 0 Å². The Bertz CT molecular complexity index is 369. The molecule has 1 aromatic heterocycles. The van der Waals surface area contributed by atoms with Crippen LogP contribution < -0.4 is 5.32 Å². The number of carboxylic acids is 1. The average molecular weight is 237 g/mol. The summed E-state index contributed by atoms with van der Waals surface area (Å²) < 4.78 is 0. The smallest absolute Gasteiger partial charge is 0.303 e. The van der Waals surface area contributed by atoms with E-state index in [2.05, 4.69) is 15.3 Å². The molecule has 0 aliphatic heterocycles. The number of rotatable bonds is 7. The van der Waals surface area contributed by atoms with Gasteiger partial charge in [-0.2, -0.15) is 0 Å². The Kier molecular flexibility index (Phi) is 5.39. The molecule has 0 fully saturated rings. The molecule has 5 heteroatoms. The standard InChI is InChI=1S/C12H19N3O2/c1-3-9(5-12(16)17)7-13-11-6-10(4-2)14-8-15-11/h6,8-9H,3-5,7H2,1-2H3,(H,16,17)(H,13,14,15). The highest BCUT2D eigenvalue weighted by Crippen LogP contribution is 2.11. The lowest BCUT2D eigenvalue weighted by Gasteiger charge is -2.13. The molecule has 1 atom stereocenters. The molecule has 1 aromatic rings. The molecule has 94 valence electrons. The van der Waals surface area contributed by atoms with Crippen molar-refractivity contribution in [1.82, 2.24) is 9.97 Å². The highest BCUT2D eigenvalue weighted by Gasteiger charge is 2.11. The van der Waals surface area contributed by atoms with Gasteiger partial charge in [0.15, 0.2) is 0 Å². The van der Waals surface area contributed by atoms with Gasteiger partial charge in [-0.05, 0) is 12.3 Å². The third kappa shape index (κ3) is 4.80. The number of anilines is 1. The molecule has 0 aromatic carbocycles. The second-order valence-corrected chi connectivity index (χ2v) is 4.00. The molecule has 0 aliphatic carbocycles. The highest BCUT2D eigenvalue weighted by molar-refractivity contribution is 5.67. The van der Waals surface area contributed by atoms with E-state index in [4.69, 9.17) is 5.11 Å². The van der Waals surface area contributed by atoms with Crippen molar-refractivity contribution in [3.63, 3.8) is 0 Å². The number of nitrogens with one attached hydrogen (secondary N) is 1. The van der Waals surface area contributed by atoms with E-state index in [1.807, 2.05) is 19.9 Å². The molecular weight excluding hydrogens is 218 g/mol. The van der Waals surface area contributed by atoms with Crippen molar-refractivity contribution in [2.24, 2.45) is 5.92 Å². The third-order valence-electron chi connectivity index (χ3n) is 2.70. The van der Waals surface area contributed by atoms with Gasteiger partial charge in [0.1, 0.15) is 12.1 Å². The summed E-state index contributed by atoms with van der Waals surface area (Å²) in [5, 5.41) is 11.9. The number of carbonyl (C=O) groups is 1. The molecule has 0 bridgehead atoms. The van der Waals surface area contributed by atoms with E-state index in [0.29, 0.717) is 6.54 Å². The first-order valence-electron chi connectivity index (χ1n) is 5.92. The van der Waals surface area contributed by atoms with Crippen molar-refractivity contribution in [1.29, 1.82) is 0 Å². The Morgan fingerprint density at radius 2 is 2.24 bits per heavy atom. The maximum absolute atomic E-state index is 10.6. The summed E-state index contributed by atoms with van der Waals surface area (Å²) in [6.45, 7) is 4.65. The molecule has 0 saturated heterocycles. The van der Waals surface area contributed by atoms with Crippen LogP contribution in [0, 0.1) is 5.92 Å². The molecule has 0 spiro atoms. The van der Waals surface area contributed by atoms with E-state index in [9.17, 15) is 4.79 Å². The highest BCUT2D eigenvalue weighted by atomic mass is 16.4. The topological polar surface area (TPSA) is 75.1 Å². The molecule has 1 rings (SSSR count). The molecular formula is C12H19N3O2. The summed E-state index contributed by atoms with van der Waals surface area (Å²) in [6, 6.07) is 1.90. The Hall–Kier alpha value is -1.65. The third-order valence-corrected chi connectivity index (χ3v) is 2.70. The van der Waals surface area contributed by atoms with Crippen LogP contribution in [0.15, 0.2) is 12.4 Å². The molecule has 5 nitrogen and oxygen atoms in total. The van der Waals surface area contributed by atoms with Crippen molar-refractivity contribution in [2.45, 2.75) is 33.1 Å². The fourth-order valence-corrected chi connectivity index (χ4v) is 1.54. The number of hydrogen-bond acceptors (Lipinski definition) is 4. The minimum Gasteiger partial charge on any atom is -0.481 e. The van der Waals surface area contributed by atoms with Crippen LogP contribution in [0.25, 0.3) is 0 Å².